The van der Waals surface area contributed by atoms with Crippen molar-refractivity contribution in [3.63, 3.8) is 0 Å². The first-order valence-corrected chi connectivity index (χ1v) is 5.61. The molecule has 1 aliphatic rings. The molecule has 0 N–H and O–H groups in total. The molecule has 0 bridgehead atoms. The van der Waals surface area contributed by atoms with E-state index in [1.807, 2.05) is 18.3 Å². The number of hydrogen-bond acceptors (Lipinski definition) is 1. The molecular weight excluding hydrogens is 213 g/mol. The Kier molecular flexibility index (Phi) is 2.41. The molecule has 0 aliphatic carbocycles. The lowest BCUT2D eigenvalue weighted by Crippen LogP contribution is -2.18. The molecule has 0 saturated heterocycles. The van der Waals surface area contributed by atoms with Crippen molar-refractivity contribution >= 4 is 11.8 Å². The first kappa shape index (κ1) is 10.1. The molecule has 2 heteroatoms. The second kappa shape index (κ2) is 4.06. The van der Waals surface area contributed by atoms with Gasteiger partial charge in [0, 0.05) is 18.4 Å². The highest BCUT2D eigenvalue weighted by atomic mass is 19.1. The van der Waals surface area contributed by atoms with Crippen molar-refractivity contribution in [3.8, 4) is 0 Å². The standard InChI is InChI=1S/C15H12FN/c16-14-5-7-15(8-6-14)17-10-9-12-3-1-2-4-13(12)11-17/h1-10H,11H2. The average Bonchev–Trinajstić information content (AvgIpc) is 2.39. The maximum Gasteiger partial charge on any atom is 0.123 e. The van der Waals surface area contributed by atoms with E-state index in [1.165, 1.54) is 23.3 Å². The zero-order chi connectivity index (χ0) is 11.7. The largest absolute Gasteiger partial charge is 0.344 e. The highest BCUT2D eigenvalue weighted by Crippen LogP contribution is 2.24. The van der Waals surface area contributed by atoms with Crippen LogP contribution in [0.2, 0.25) is 0 Å². The van der Waals surface area contributed by atoms with Crippen LogP contribution in [0.25, 0.3) is 6.08 Å². The Hall–Kier alpha value is -2.09. The fourth-order valence-electron chi connectivity index (χ4n) is 2.06. The molecule has 0 spiro atoms. The number of fused-ring (bicyclic) bond motifs is 1. The summed E-state index contributed by atoms with van der Waals surface area (Å²) in [7, 11) is 0. The monoisotopic (exact) mass is 225 g/mol. The van der Waals surface area contributed by atoms with Gasteiger partial charge in [0.05, 0.1) is 0 Å². The van der Waals surface area contributed by atoms with Gasteiger partial charge in [0.1, 0.15) is 5.82 Å². The Morgan fingerprint density at radius 3 is 2.53 bits per heavy atom. The molecule has 1 aliphatic heterocycles. The normalized spacial score (nSPS) is 13.6. The molecule has 1 nitrogen and oxygen atoms in total. The molecule has 1 heterocycles. The summed E-state index contributed by atoms with van der Waals surface area (Å²) in [5, 5.41) is 0. The van der Waals surface area contributed by atoms with Crippen molar-refractivity contribution < 1.29 is 4.39 Å². The van der Waals surface area contributed by atoms with Gasteiger partial charge in [-0.3, -0.25) is 0 Å². The topological polar surface area (TPSA) is 3.24 Å². The predicted octanol–water partition coefficient (Wildman–Crippen LogP) is 3.82. The summed E-state index contributed by atoms with van der Waals surface area (Å²) in [6, 6.07) is 14.9. The summed E-state index contributed by atoms with van der Waals surface area (Å²) in [6.45, 7) is 0.832. The Balaban J connectivity index is 1.92. The van der Waals surface area contributed by atoms with Gasteiger partial charge in [-0.25, -0.2) is 4.39 Å². The zero-order valence-electron chi connectivity index (χ0n) is 9.31. The van der Waals surface area contributed by atoms with Crippen LogP contribution in [0.5, 0.6) is 0 Å². The van der Waals surface area contributed by atoms with E-state index in [9.17, 15) is 4.39 Å². The third-order valence-electron chi connectivity index (χ3n) is 2.99. The minimum Gasteiger partial charge on any atom is -0.344 e. The van der Waals surface area contributed by atoms with Gasteiger partial charge >= 0.3 is 0 Å². The minimum atomic E-state index is -0.199. The summed E-state index contributed by atoms with van der Waals surface area (Å²) >= 11 is 0. The van der Waals surface area contributed by atoms with Gasteiger partial charge in [0.2, 0.25) is 0 Å². The summed E-state index contributed by atoms with van der Waals surface area (Å²) in [4.78, 5) is 2.11. The Labute approximate surface area is 99.8 Å². The molecule has 3 rings (SSSR count). The zero-order valence-corrected chi connectivity index (χ0v) is 9.31. The van der Waals surface area contributed by atoms with Gasteiger partial charge in [-0.1, -0.05) is 24.3 Å². The molecule has 2 aromatic carbocycles. The molecule has 84 valence electrons. The van der Waals surface area contributed by atoms with Crippen LogP contribution in [0, 0.1) is 5.82 Å². The number of rotatable bonds is 1. The molecule has 0 radical (unpaired) electrons. The number of benzene rings is 2. The van der Waals surface area contributed by atoms with Gasteiger partial charge in [-0.15, -0.1) is 0 Å². The van der Waals surface area contributed by atoms with Crippen molar-refractivity contribution in [1.29, 1.82) is 0 Å². The van der Waals surface area contributed by atoms with Gasteiger partial charge in [0.25, 0.3) is 0 Å². The summed E-state index contributed by atoms with van der Waals surface area (Å²) in [5.74, 6) is -0.199. The van der Waals surface area contributed by atoms with Crippen molar-refractivity contribution in [2.75, 3.05) is 4.90 Å². The fourth-order valence-corrected chi connectivity index (χ4v) is 2.06. The van der Waals surface area contributed by atoms with Gasteiger partial charge in [0.15, 0.2) is 0 Å². The van der Waals surface area contributed by atoms with Crippen LogP contribution in [0.3, 0.4) is 0 Å². The molecular formula is C15H12FN. The van der Waals surface area contributed by atoms with Crippen LogP contribution < -0.4 is 4.90 Å². The van der Waals surface area contributed by atoms with Crippen LogP contribution in [-0.2, 0) is 6.54 Å². The molecule has 0 atom stereocenters. The van der Waals surface area contributed by atoms with Crippen LogP contribution in [-0.4, -0.2) is 0 Å². The van der Waals surface area contributed by atoms with Crippen LogP contribution in [0.15, 0.2) is 54.7 Å². The molecule has 0 amide bonds. The van der Waals surface area contributed by atoms with Crippen molar-refractivity contribution in [2.45, 2.75) is 6.54 Å². The van der Waals surface area contributed by atoms with Crippen molar-refractivity contribution in [2.24, 2.45) is 0 Å². The SMILES string of the molecule is Fc1ccc(N2C=Cc3ccccc3C2)cc1. The number of halogens is 1. The van der Waals surface area contributed by atoms with E-state index in [-0.39, 0.29) is 5.82 Å². The molecule has 0 saturated carbocycles. The molecule has 0 fully saturated rings. The van der Waals surface area contributed by atoms with E-state index in [4.69, 9.17) is 0 Å². The summed E-state index contributed by atoms with van der Waals surface area (Å²) in [6.07, 6.45) is 4.12. The van der Waals surface area contributed by atoms with Gasteiger partial charge < -0.3 is 4.90 Å². The lowest BCUT2D eigenvalue weighted by molar-refractivity contribution is 0.627. The molecule has 0 aromatic heterocycles. The molecule has 2 aromatic rings. The Morgan fingerprint density at radius 2 is 1.71 bits per heavy atom. The average molecular weight is 225 g/mol. The smallest absolute Gasteiger partial charge is 0.123 e. The molecule has 0 unspecified atom stereocenters. The third-order valence-corrected chi connectivity index (χ3v) is 2.99. The van der Waals surface area contributed by atoms with E-state index < -0.39 is 0 Å². The van der Waals surface area contributed by atoms with Crippen LogP contribution in [0.1, 0.15) is 11.1 Å². The van der Waals surface area contributed by atoms with Gasteiger partial charge in [-0.05, 0) is 41.5 Å². The third kappa shape index (κ3) is 1.94. The Morgan fingerprint density at radius 1 is 0.941 bits per heavy atom. The lowest BCUT2D eigenvalue weighted by Gasteiger charge is -2.25. The lowest BCUT2D eigenvalue weighted by atomic mass is 10.0. The first-order valence-electron chi connectivity index (χ1n) is 5.61. The van der Waals surface area contributed by atoms with Crippen molar-refractivity contribution in [3.05, 3.63) is 71.7 Å². The highest BCUT2D eigenvalue weighted by molar-refractivity contribution is 5.63. The number of nitrogens with zero attached hydrogens (tertiary/aromatic N) is 1. The highest BCUT2D eigenvalue weighted by Gasteiger charge is 2.11. The van der Waals surface area contributed by atoms with E-state index in [0.717, 1.165) is 12.2 Å². The van der Waals surface area contributed by atoms with Crippen LogP contribution in [0.4, 0.5) is 10.1 Å². The first-order chi connectivity index (χ1) is 8.33. The summed E-state index contributed by atoms with van der Waals surface area (Å²) < 4.78 is 12.9. The number of anilines is 1. The second-order valence-electron chi connectivity index (χ2n) is 4.12. The predicted molar refractivity (Wildman–Crippen MR) is 68.1 cm³/mol. The second-order valence-corrected chi connectivity index (χ2v) is 4.12. The summed E-state index contributed by atoms with van der Waals surface area (Å²) in [5.41, 5.74) is 3.56. The Bertz CT molecular complexity index is 557. The van der Waals surface area contributed by atoms with E-state index >= 15 is 0 Å². The fraction of sp³-hybridized carbons (Fsp3) is 0.0667. The minimum absolute atomic E-state index is 0.199. The van der Waals surface area contributed by atoms with E-state index in [2.05, 4.69) is 23.1 Å². The van der Waals surface area contributed by atoms with E-state index in [0.29, 0.717) is 0 Å². The maximum atomic E-state index is 12.9. The maximum absolute atomic E-state index is 12.9. The van der Waals surface area contributed by atoms with Crippen LogP contribution >= 0.6 is 0 Å². The number of hydrogen-bond donors (Lipinski definition) is 0. The van der Waals surface area contributed by atoms with Crippen molar-refractivity contribution in [1.82, 2.24) is 0 Å². The van der Waals surface area contributed by atoms with Gasteiger partial charge in [-0.2, -0.15) is 0 Å². The van der Waals surface area contributed by atoms with E-state index in [1.54, 1.807) is 12.1 Å². The quantitative estimate of drug-likeness (QED) is 0.713. The molecule has 17 heavy (non-hydrogen) atoms.